The van der Waals surface area contributed by atoms with Crippen molar-refractivity contribution in [2.45, 2.75) is 38.9 Å². The van der Waals surface area contributed by atoms with Crippen LogP contribution in [-0.2, 0) is 23.1 Å². The molecule has 0 saturated carbocycles. The van der Waals surface area contributed by atoms with Crippen molar-refractivity contribution < 1.29 is 13.2 Å². The van der Waals surface area contributed by atoms with Gasteiger partial charge in [0.2, 0.25) is 16.0 Å². The van der Waals surface area contributed by atoms with Crippen LogP contribution in [0.15, 0.2) is 41.3 Å². The number of carbonyl (C=O) groups excluding carboxylic acids is 1. The average Bonchev–Trinajstić information content (AvgIpc) is 3.18. The zero-order chi connectivity index (χ0) is 25.2. The third-order valence-electron chi connectivity index (χ3n) is 5.81. The van der Waals surface area contributed by atoms with Gasteiger partial charge in [-0.2, -0.15) is 0 Å². The molecule has 3 heterocycles. The Morgan fingerprint density at radius 1 is 1.31 bits per heavy atom. The highest BCUT2D eigenvalue weighted by Crippen LogP contribution is 2.23. The molecule has 10 nitrogen and oxygen atoms in total. The Morgan fingerprint density at radius 2 is 2.11 bits per heavy atom. The molecule has 184 valence electrons. The molecule has 4 rings (SSSR count). The summed E-state index contributed by atoms with van der Waals surface area (Å²) in [7, 11) is -3.48. The molecular weight excluding hydrogens is 468 g/mol. The van der Waals surface area contributed by atoms with Gasteiger partial charge in [0.1, 0.15) is 5.52 Å². The van der Waals surface area contributed by atoms with E-state index in [1.54, 1.807) is 42.0 Å². The van der Waals surface area contributed by atoms with Crippen LogP contribution < -0.4 is 20.9 Å². The summed E-state index contributed by atoms with van der Waals surface area (Å²) in [6, 6.07) is 7.92. The highest BCUT2D eigenvalue weighted by Gasteiger charge is 2.24. The molecule has 1 aliphatic heterocycles. The lowest BCUT2D eigenvalue weighted by Gasteiger charge is -2.31. The van der Waals surface area contributed by atoms with E-state index in [4.69, 9.17) is 10.7 Å². The maximum Gasteiger partial charge on any atom is 0.277 e. The number of sulfonamides is 1. The van der Waals surface area contributed by atoms with Crippen molar-refractivity contribution in [3.8, 4) is 11.8 Å². The van der Waals surface area contributed by atoms with Crippen molar-refractivity contribution in [1.82, 2.24) is 14.1 Å². The average molecular weight is 497 g/mol. The zero-order valence-electron chi connectivity index (χ0n) is 19.7. The van der Waals surface area contributed by atoms with Gasteiger partial charge in [-0.05, 0) is 38.0 Å². The molecule has 1 unspecified atom stereocenters. The second kappa shape index (κ2) is 9.93. The second-order valence-electron chi connectivity index (χ2n) is 8.63. The largest absolute Gasteiger partial charge is 0.341 e. The fourth-order valence-corrected chi connectivity index (χ4v) is 4.80. The van der Waals surface area contributed by atoms with Gasteiger partial charge < -0.3 is 15.2 Å². The lowest BCUT2D eigenvalue weighted by molar-refractivity contribution is 0.0971. The summed E-state index contributed by atoms with van der Waals surface area (Å²) in [6.07, 6.45) is 4.47. The van der Waals surface area contributed by atoms with E-state index < -0.39 is 10.0 Å². The Labute approximate surface area is 203 Å². The third-order valence-corrected chi connectivity index (χ3v) is 6.41. The summed E-state index contributed by atoms with van der Waals surface area (Å²) >= 11 is 0. The maximum atomic E-state index is 13.5. The molecule has 35 heavy (non-hydrogen) atoms. The van der Waals surface area contributed by atoms with Crippen molar-refractivity contribution in [2.24, 2.45) is 5.73 Å². The number of anilines is 2. The van der Waals surface area contributed by atoms with Crippen LogP contribution in [0.4, 0.5) is 11.6 Å². The molecule has 1 atom stereocenters. The van der Waals surface area contributed by atoms with Crippen LogP contribution in [0.3, 0.4) is 0 Å². The molecule has 1 saturated heterocycles. The normalized spacial score (nSPS) is 16.1. The Morgan fingerprint density at radius 3 is 2.83 bits per heavy atom. The predicted molar refractivity (Wildman–Crippen MR) is 136 cm³/mol. The van der Waals surface area contributed by atoms with Gasteiger partial charge in [0, 0.05) is 36.6 Å². The molecule has 2 aromatic heterocycles. The van der Waals surface area contributed by atoms with E-state index in [-0.39, 0.29) is 29.6 Å². The number of nitrogens with one attached hydrogen (secondary N) is 1. The Bertz CT molecular complexity index is 1500. The first-order valence-electron chi connectivity index (χ1n) is 11.3. The Hall–Kier alpha value is -3.62. The van der Waals surface area contributed by atoms with E-state index in [2.05, 4.69) is 21.5 Å². The van der Waals surface area contributed by atoms with Gasteiger partial charge in [-0.25, -0.2) is 13.4 Å². The molecule has 0 bridgehead atoms. The zero-order valence-corrected chi connectivity index (χ0v) is 20.5. The highest BCUT2D eigenvalue weighted by atomic mass is 32.2. The number of imidazole rings is 1. The number of nitrogens with zero attached hydrogens (tertiary/aromatic N) is 4. The van der Waals surface area contributed by atoms with E-state index in [1.165, 1.54) is 10.6 Å². The molecule has 0 radical (unpaired) electrons. The fourth-order valence-electron chi connectivity index (χ4n) is 4.25. The second-order valence-corrected chi connectivity index (χ2v) is 10.4. The number of Topliss-reactive ketones (excluding diaryl/α,β-unsaturated/α-hetero) is 1. The minimum Gasteiger partial charge on any atom is -0.341 e. The number of piperidine rings is 1. The van der Waals surface area contributed by atoms with E-state index in [1.807, 2.05) is 0 Å². The lowest BCUT2D eigenvalue weighted by atomic mass is 10.1. The molecule has 0 aliphatic carbocycles. The first-order valence-corrected chi connectivity index (χ1v) is 13.2. The quantitative estimate of drug-likeness (QED) is 0.373. The van der Waals surface area contributed by atoms with Crippen molar-refractivity contribution in [3.05, 3.63) is 52.4 Å². The van der Waals surface area contributed by atoms with E-state index in [0.29, 0.717) is 35.6 Å². The molecule has 1 aromatic carbocycles. The third kappa shape index (κ3) is 5.55. The number of ketones is 1. The van der Waals surface area contributed by atoms with Crippen molar-refractivity contribution in [1.29, 1.82) is 0 Å². The number of pyridine rings is 1. The minimum atomic E-state index is -3.48. The van der Waals surface area contributed by atoms with Gasteiger partial charge >= 0.3 is 0 Å². The number of aromatic nitrogens is 3. The molecule has 1 aliphatic rings. The summed E-state index contributed by atoms with van der Waals surface area (Å²) in [5.74, 6) is 6.20. The number of hydrogen-bond donors (Lipinski definition) is 2. The summed E-state index contributed by atoms with van der Waals surface area (Å²) in [4.78, 5) is 33.2. The molecule has 0 spiro atoms. The smallest absolute Gasteiger partial charge is 0.277 e. The van der Waals surface area contributed by atoms with Crippen LogP contribution >= 0.6 is 0 Å². The number of fused-ring (bicyclic) bond motifs is 1. The van der Waals surface area contributed by atoms with Gasteiger partial charge in [-0.1, -0.05) is 18.1 Å². The van der Waals surface area contributed by atoms with Crippen molar-refractivity contribution >= 4 is 38.5 Å². The van der Waals surface area contributed by atoms with Crippen LogP contribution in [0.1, 0.15) is 30.1 Å². The summed E-state index contributed by atoms with van der Waals surface area (Å²) < 4.78 is 28.5. The van der Waals surface area contributed by atoms with Gasteiger partial charge in [0.15, 0.2) is 5.78 Å². The van der Waals surface area contributed by atoms with Crippen LogP contribution in [0.5, 0.6) is 0 Å². The highest BCUT2D eigenvalue weighted by molar-refractivity contribution is 7.92. The standard InChI is InChI=1S/C24H28N6O4S/c1-3-4-12-30-22-20(26-24(30)29-11-6-8-18(25)15-29)10-13-28(23(22)32)16-21(31)17-7-5-9-19(14-17)27-35(2,33)34/h5,7,9-10,13-14,18,27H,6,8,11-12,15-16,25H2,1-2H3. The molecule has 0 amide bonds. The van der Waals surface area contributed by atoms with E-state index in [0.717, 1.165) is 25.6 Å². The number of nitrogens with two attached hydrogens (primary N) is 1. The van der Waals surface area contributed by atoms with E-state index in [9.17, 15) is 18.0 Å². The van der Waals surface area contributed by atoms with Crippen molar-refractivity contribution in [3.63, 3.8) is 0 Å². The monoisotopic (exact) mass is 496 g/mol. The maximum absolute atomic E-state index is 13.5. The van der Waals surface area contributed by atoms with Crippen LogP contribution in [0, 0.1) is 11.8 Å². The first kappa shape index (κ1) is 24.5. The molecule has 11 heteroatoms. The number of rotatable bonds is 7. The molecule has 1 fully saturated rings. The summed E-state index contributed by atoms with van der Waals surface area (Å²) in [6.45, 7) is 3.26. The van der Waals surface area contributed by atoms with Crippen LogP contribution in [0.25, 0.3) is 11.0 Å². The van der Waals surface area contributed by atoms with Gasteiger partial charge in [0.05, 0.1) is 24.9 Å². The lowest BCUT2D eigenvalue weighted by Crippen LogP contribution is -2.44. The molecule has 3 N–H and O–H groups in total. The molecule has 3 aromatic rings. The summed E-state index contributed by atoms with van der Waals surface area (Å²) in [5.41, 5.74) is 7.30. The SMILES string of the molecule is CC#CCn1c(N2CCCC(N)C2)nc2ccn(CC(=O)c3cccc(NS(C)(=O)=O)c3)c(=O)c21. The Balaban J connectivity index is 1.70. The number of hydrogen-bond acceptors (Lipinski definition) is 7. The summed E-state index contributed by atoms with van der Waals surface area (Å²) in [5, 5.41) is 0. The van der Waals surface area contributed by atoms with Crippen molar-refractivity contribution in [2.75, 3.05) is 29.0 Å². The molecular formula is C24H28N6O4S. The number of benzene rings is 1. The predicted octanol–water partition coefficient (Wildman–Crippen LogP) is 1.40. The topological polar surface area (TPSA) is 132 Å². The number of carbonyl (C=O) groups is 1. The van der Waals surface area contributed by atoms with E-state index >= 15 is 0 Å². The fraction of sp³-hybridized carbons (Fsp3) is 0.375. The van der Waals surface area contributed by atoms with Gasteiger partial charge in [-0.3, -0.25) is 18.9 Å². The van der Waals surface area contributed by atoms with Crippen LogP contribution in [-0.4, -0.2) is 53.7 Å². The van der Waals surface area contributed by atoms with Gasteiger partial charge in [0.25, 0.3) is 5.56 Å². The Kier molecular flexibility index (Phi) is 6.95. The minimum absolute atomic E-state index is 0.0384. The van der Waals surface area contributed by atoms with Gasteiger partial charge in [-0.15, -0.1) is 5.92 Å². The first-order chi connectivity index (χ1) is 16.7. The van der Waals surface area contributed by atoms with Crippen LogP contribution in [0.2, 0.25) is 0 Å².